The van der Waals surface area contributed by atoms with Gasteiger partial charge in [-0.2, -0.15) is 0 Å². The fourth-order valence-corrected chi connectivity index (χ4v) is 2.80. The van der Waals surface area contributed by atoms with Crippen LogP contribution in [0.1, 0.15) is 30.9 Å². The van der Waals surface area contributed by atoms with Crippen LogP contribution in [0.4, 0.5) is 0 Å². The van der Waals surface area contributed by atoms with Crippen LogP contribution >= 0.6 is 24.0 Å². The monoisotopic (exact) mass is 444 g/mol. The van der Waals surface area contributed by atoms with Crippen molar-refractivity contribution in [2.24, 2.45) is 4.99 Å². The molecule has 1 amide bonds. The fourth-order valence-electron chi connectivity index (χ4n) is 2.80. The lowest BCUT2D eigenvalue weighted by atomic mass is 10.1. The molecule has 0 bridgehead atoms. The summed E-state index contributed by atoms with van der Waals surface area (Å²) in [6, 6.07) is 8.35. The number of nitrogens with one attached hydrogen (secondary N) is 1. The van der Waals surface area contributed by atoms with Gasteiger partial charge in [0.25, 0.3) is 0 Å². The Hall–Kier alpha value is -1.31. The molecule has 5 nitrogen and oxygen atoms in total. The Bertz CT molecular complexity index is 556. The van der Waals surface area contributed by atoms with E-state index in [1.165, 1.54) is 11.1 Å². The number of amides is 1. The number of guanidine groups is 1. The number of benzene rings is 1. The molecule has 1 aromatic rings. The Morgan fingerprint density at radius 1 is 1.29 bits per heavy atom. The van der Waals surface area contributed by atoms with E-state index in [0.29, 0.717) is 0 Å². The van der Waals surface area contributed by atoms with Crippen molar-refractivity contribution in [2.75, 3.05) is 33.2 Å². The van der Waals surface area contributed by atoms with E-state index in [1.54, 1.807) is 0 Å². The molecule has 134 valence electrons. The highest BCUT2D eigenvalue weighted by atomic mass is 127. The number of aryl methyl sites for hydroxylation is 1. The summed E-state index contributed by atoms with van der Waals surface area (Å²) in [5.41, 5.74) is 2.54. The highest BCUT2D eigenvalue weighted by Crippen LogP contribution is 2.10. The second kappa shape index (κ2) is 10.5. The molecule has 1 aromatic carbocycles. The van der Waals surface area contributed by atoms with Gasteiger partial charge in [0.2, 0.25) is 5.91 Å². The van der Waals surface area contributed by atoms with E-state index in [-0.39, 0.29) is 36.4 Å². The van der Waals surface area contributed by atoms with Crippen molar-refractivity contribution < 1.29 is 4.79 Å². The van der Waals surface area contributed by atoms with Crippen LogP contribution in [0, 0.1) is 6.92 Å². The van der Waals surface area contributed by atoms with Crippen molar-refractivity contribution in [2.45, 2.75) is 33.2 Å². The molecule has 0 aromatic heterocycles. The van der Waals surface area contributed by atoms with Crippen LogP contribution in [0.5, 0.6) is 0 Å². The number of likely N-dealkylation sites (tertiary alicyclic amines) is 1. The second-order valence-corrected chi connectivity index (χ2v) is 6.04. The number of carbonyl (C=O) groups excluding carboxylic acids is 1. The van der Waals surface area contributed by atoms with Crippen LogP contribution < -0.4 is 5.32 Å². The fraction of sp³-hybridized carbons (Fsp3) is 0.556. The average Bonchev–Trinajstić information content (AvgIpc) is 3.07. The molecule has 1 N–H and O–H groups in total. The molecule has 0 saturated carbocycles. The first-order valence-electron chi connectivity index (χ1n) is 8.43. The molecule has 1 saturated heterocycles. The Morgan fingerprint density at radius 3 is 2.58 bits per heavy atom. The number of hydrogen-bond donors (Lipinski definition) is 1. The average molecular weight is 444 g/mol. The van der Waals surface area contributed by atoms with Gasteiger partial charge in [0.05, 0.1) is 0 Å². The highest BCUT2D eigenvalue weighted by molar-refractivity contribution is 14.0. The molecular weight excluding hydrogens is 415 g/mol. The molecule has 1 heterocycles. The van der Waals surface area contributed by atoms with Crippen molar-refractivity contribution in [1.29, 1.82) is 0 Å². The summed E-state index contributed by atoms with van der Waals surface area (Å²) < 4.78 is 0. The predicted molar refractivity (Wildman–Crippen MR) is 110 cm³/mol. The first-order chi connectivity index (χ1) is 11.1. The van der Waals surface area contributed by atoms with Gasteiger partial charge >= 0.3 is 0 Å². The Kier molecular flexibility index (Phi) is 9.10. The Labute approximate surface area is 162 Å². The topological polar surface area (TPSA) is 47.9 Å². The third-order valence-electron chi connectivity index (χ3n) is 4.19. The van der Waals surface area contributed by atoms with Gasteiger partial charge in [0.15, 0.2) is 5.96 Å². The standard InChI is InChI=1S/C18H28N4O.HI/c1-4-19-18(20-13-17(23)22-11-7-8-12-22)21(3)14-16-10-6-5-9-15(16)2;/h5-6,9-10H,4,7-8,11-14H2,1-3H3,(H,19,20);1H. The van der Waals surface area contributed by atoms with E-state index >= 15 is 0 Å². The molecule has 6 heteroatoms. The van der Waals surface area contributed by atoms with Crippen LogP contribution in [0.15, 0.2) is 29.3 Å². The molecule has 0 radical (unpaired) electrons. The number of nitrogens with zero attached hydrogens (tertiary/aromatic N) is 3. The first kappa shape index (κ1) is 20.7. The third-order valence-corrected chi connectivity index (χ3v) is 4.19. The molecule has 1 aliphatic rings. The SMILES string of the molecule is CCNC(=NCC(=O)N1CCCC1)N(C)Cc1ccccc1C.I. The minimum absolute atomic E-state index is 0. The van der Waals surface area contributed by atoms with Crippen molar-refractivity contribution in [1.82, 2.24) is 15.1 Å². The smallest absolute Gasteiger partial charge is 0.244 e. The molecule has 0 aliphatic carbocycles. The molecular formula is C18H29IN4O. The molecule has 0 unspecified atom stereocenters. The van der Waals surface area contributed by atoms with Gasteiger partial charge in [-0.3, -0.25) is 4.79 Å². The molecule has 2 rings (SSSR count). The summed E-state index contributed by atoms with van der Waals surface area (Å²) >= 11 is 0. The summed E-state index contributed by atoms with van der Waals surface area (Å²) in [5, 5.41) is 3.27. The lowest BCUT2D eigenvalue weighted by Crippen LogP contribution is -2.40. The van der Waals surface area contributed by atoms with Crippen LogP contribution in [0.25, 0.3) is 0 Å². The van der Waals surface area contributed by atoms with Crippen molar-refractivity contribution in [3.63, 3.8) is 0 Å². The van der Waals surface area contributed by atoms with E-state index in [9.17, 15) is 4.79 Å². The van der Waals surface area contributed by atoms with Crippen LogP contribution in [0.3, 0.4) is 0 Å². The first-order valence-corrected chi connectivity index (χ1v) is 8.43. The summed E-state index contributed by atoms with van der Waals surface area (Å²) in [5.74, 6) is 0.908. The van der Waals surface area contributed by atoms with E-state index in [0.717, 1.165) is 45.0 Å². The summed E-state index contributed by atoms with van der Waals surface area (Å²) in [6.45, 7) is 7.70. The predicted octanol–water partition coefficient (Wildman–Crippen LogP) is 2.63. The quantitative estimate of drug-likeness (QED) is 0.432. The number of carbonyl (C=O) groups is 1. The zero-order valence-electron chi connectivity index (χ0n) is 14.9. The summed E-state index contributed by atoms with van der Waals surface area (Å²) in [6.07, 6.45) is 2.23. The maximum Gasteiger partial charge on any atom is 0.244 e. The molecule has 0 spiro atoms. The number of aliphatic imine (C=N–C) groups is 1. The Balaban J connectivity index is 0.00000288. The van der Waals surface area contributed by atoms with Gasteiger partial charge in [-0.25, -0.2) is 4.99 Å². The van der Waals surface area contributed by atoms with Gasteiger partial charge in [0, 0.05) is 33.2 Å². The van der Waals surface area contributed by atoms with E-state index in [1.807, 2.05) is 24.9 Å². The van der Waals surface area contributed by atoms with E-state index in [4.69, 9.17) is 0 Å². The van der Waals surface area contributed by atoms with Crippen molar-refractivity contribution >= 4 is 35.8 Å². The minimum Gasteiger partial charge on any atom is -0.357 e. The molecule has 1 aliphatic heterocycles. The zero-order valence-corrected chi connectivity index (χ0v) is 17.2. The third kappa shape index (κ3) is 5.96. The summed E-state index contributed by atoms with van der Waals surface area (Å²) in [7, 11) is 2.01. The van der Waals surface area contributed by atoms with Gasteiger partial charge < -0.3 is 15.1 Å². The van der Waals surface area contributed by atoms with Gasteiger partial charge in [-0.05, 0) is 37.8 Å². The van der Waals surface area contributed by atoms with Crippen LogP contribution in [-0.4, -0.2) is 54.9 Å². The molecule has 0 atom stereocenters. The van der Waals surface area contributed by atoms with Crippen LogP contribution in [-0.2, 0) is 11.3 Å². The van der Waals surface area contributed by atoms with Gasteiger partial charge in [-0.15, -0.1) is 24.0 Å². The normalized spacial score (nSPS) is 14.3. The van der Waals surface area contributed by atoms with Gasteiger partial charge in [0.1, 0.15) is 6.54 Å². The molecule has 24 heavy (non-hydrogen) atoms. The highest BCUT2D eigenvalue weighted by Gasteiger charge is 2.17. The van der Waals surface area contributed by atoms with Crippen molar-refractivity contribution in [3.05, 3.63) is 35.4 Å². The van der Waals surface area contributed by atoms with Gasteiger partial charge in [-0.1, -0.05) is 24.3 Å². The Morgan fingerprint density at radius 2 is 1.96 bits per heavy atom. The second-order valence-electron chi connectivity index (χ2n) is 6.04. The van der Waals surface area contributed by atoms with Crippen molar-refractivity contribution in [3.8, 4) is 0 Å². The van der Waals surface area contributed by atoms with Crippen LogP contribution in [0.2, 0.25) is 0 Å². The van der Waals surface area contributed by atoms with E-state index in [2.05, 4.69) is 40.3 Å². The molecule has 1 fully saturated rings. The van der Waals surface area contributed by atoms with E-state index < -0.39 is 0 Å². The number of hydrogen-bond acceptors (Lipinski definition) is 2. The summed E-state index contributed by atoms with van der Waals surface area (Å²) in [4.78, 5) is 20.7. The minimum atomic E-state index is 0. The maximum absolute atomic E-state index is 12.2. The number of rotatable bonds is 5. The number of halogens is 1. The largest absolute Gasteiger partial charge is 0.357 e. The zero-order chi connectivity index (χ0) is 16.7. The maximum atomic E-state index is 12.2. The lowest BCUT2D eigenvalue weighted by molar-refractivity contribution is -0.128. The lowest BCUT2D eigenvalue weighted by Gasteiger charge is -2.23.